The highest BCUT2D eigenvalue weighted by atomic mass is 35.5. The first-order chi connectivity index (χ1) is 9.24. The SMILES string of the molecule is C=CCN(C(=O)[C@@]1(c2cccs2)C[C@H]1CN)C1CC1.Cl. The minimum atomic E-state index is -0.325. The molecule has 0 aromatic carbocycles. The van der Waals surface area contributed by atoms with Crippen LogP contribution >= 0.6 is 23.7 Å². The van der Waals surface area contributed by atoms with Crippen LogP contribution in [0.3, 0.4) is 0 Å². The van der Waals surface area contributed by atoms with E-state index in [1.807, 2.05) is 22.4 Å². The van der Waals surface area contributed by atoms with Gasteiger partial charge in [-0.25, -0.2) is 0 Å². The lowest BCUT2D eigenvalue weighted by Gasteiger charge is -2.26. The molecule has 2 aliphatic carbocycles. The smallest absolute Gasteiger partial charge is 0.234 e. The van der Waals surface area contributed by atoms with Crippen molar-refractivity contribution in [1.29, 1.82) is 0 Å². The van der Waals surface area contributed by atoms with Crippen LogP contribution in [-0.4, -0.2) is 29.9 Å². The Morgan fingerprint density at radius 3 is 2.80 bits per heavy atom. The van der Waals surface area contributed by atoms with E-state index in [0.717, 1.165) is 19.3 Å². The molecule has 0 bridgehead atoms. The summed E-state index contributed by atoms with van der Waals surface area (Å²) in [6, 6.07) is 4.54. The van der Waals surface area contributed by atoms with Crippen LogP contribution in [0.25, 0.3) is 0 Å². The van der Waals surface area contributed by atoms with Gasteiger partial charge in [-0.3, -0.25) is 4.79 Å². The maximum absolute atomic E-state index is 13.0. The van der Waals surface area contributed by atoms with Crippen LogP contribution in [0.1, 0.15) is 24.1 Å². The third-order valence-electron chi connectivity index (χ3n) is 4.31. The van der Waals surface area contributed by atoms with E-state index in [4.69, 9.17) is 5.73 Å². The summed E-state index contributed by atoms with van der Waals surface area (Å²) in [6.07, 6.45) is 5.00. The molecule has 3 rings (SSSR count). The Labute approximate surface area is 130 Å². The maximum Gasteiger partial charge on any atom is 0.234 e. The average molecular weight is 313 g/mol. The molecule has 0 unspecified atom stereocenters. The predicted octanol–water partition coefficient (Wildman–Crippen LogP) is 2.56. The molecule has 1 aromatic rings. The Bertz CT molecular complexity index is 486. The van der Waals surface area contributed by atoms with Crippen molar-refractivity contribution in [2.45, 2.75) is 30.7 Å². The summed E-state index contributed by atoms with van der Waals surface area (Å²) in [7, 11) is 0. The third kappa shape index (κ3) is 2.41. The summed E-state index contributed by atoms with van der Waals surface area (Å²) < 4.78 is 0. The Morgan fingerprint density at radius 1 is 1.60 bits per heavy atom. The van der Waals surface area contributed by atoms with Crippen molar-refractivity contribution < 1.29 is 4.79 Å². The van der Waals surface area contributed by atoms with Crippen molar-refractivity contribution in [3.05, 3.63) is 35.0 Å². The number of nitrogens with zero attached hydrogens (tertiary/aromatic N) is 1. The molecular formula is C15H21ClN2OS. The Kier molecular flexibility index (Phi) is 4.57. The van der Waals surface area contributed by atoms with Crippen molar-refractivity contribution in [2.75, 3.05) is 13.1 Å². The second-order valence-electron chi connectivity index (χ2n) is 5.56. The maximum atomic E-state index is 13.0. The van der Waals surface area contributed by atoms with Crippen LogP contribution in [0.4, 0.5) is 0 Å². The van der Waals surface area contributed by atoms with E-state index in [2.05, 4.69) is 12.6 Å². The number of hydrogen-bond acceptors (Lipinski definition) is 3. The van der Waals surface area contributed by atoms with Crippen LogP contribution < -0.4 is 5.73 Å². The topological polar surface area (TPSA) is 46.3 Å². The summed E-state index contributed by atoms with van der Waals surface area (Å²) in [5.74, 6) is 0.581. The minimum absolute atomic E-state index is 0. The highest BCUT2D eigenvalue weighted by Crippen LogP contribution is 2.57. The van der Waals surface area contributed by atoms with Crippen molar-refractivity contribution >= 4 is 29.7 Å². The molecule has 1 heterocycles. The molecule has 20 heavy (non-hydrogen) atoms. The normalized spacial score (nSPS) is 27.6. The fourth-order valence-corrected chi connectivity index (χ4v) is 4.00. The molecular weight excluding hydrogens is 292 g/mol. The monoisotopic (exact) mass is 312 g/mol. The van der Waals surface area contributed by atoms with Crippen LogP contribution in [-0.2, 0) is 10.2 Å². The van der Waals surface area contributed by atoms with Gasteiger partial charge in [0.15, 0.2) is 0 Å². The van der Waals surface area contributed by atoms with Crippen molar-refractivity contribution in [2.24, 2.45) is 11.7 Å². The van der Waals surface area contributed by atoms with E-state index in [1.165, 1.54) is 4.88 Å². The lowest BCUT2D eigenvalue weighted by molar-refractivity contribution is -0.134. The standard InChI is InChI=1S/C15H20N2OS.ClH/c1-2-7-17(12-5-6-12)14(18)15(9-11(15)10-16)13-4-3-8-19-13;/h2-4,8,11-12H,1,5-7,9-10,16H2;1H/t11-,15-;/m0./s1. The number of rotatable bonds is 6. The molecule has 2 atom stereocenters. The van der Waals surface area contributed by atoms with Gasteiger partial charge in [0.2, 0.25) is 5.91 Å². The lowest BCUT2D eigenvalue weighted by atomic mass is 9.99. The van der Waals surface area contributed by atoms with Gasteiger partial charge in [0.1, 0.15) is 0 Å². The zero-order valence-electron chi connectivity index (χ0n) is 11.5. The molecule has 0 aliphatic heterocycles. The van der Waals surface area contributed by atoms with Gasteiger partial charge in [-0.2, -0.15) is 0 Å². The minimum Gasteiger partial charge on any atom is -0.335 e. The van der Waals surface area contributed by atoms with Gasteiger partial charge in [0.05, 0.1) is 5.41 Å². The second kappa shape index (κ2) is 5.88. The lowest BCUT2D eigenvalue weighted by Crippen LogP contribution is -2.42. The van der Waals surface area contributed by atoms with E-state index >= 15 is 0 Å². The third-order valence-corrected chi connectivity index (χ3v) is 5.35. The fraction of sp³-hybridized carbons (Fsp3) is 0.533. The summed E-state index contributed by atoms with van der Waals surface area (Å²) in [5.41, 5.74) is 5.51. The molecule has 2 N–H and O–H groups in total. The Balaban J connectivity index is 0.00000147. The number of carbonyl (C=O) groups excluding carboxylic acids is 1. The quantitative estimate of drug-likeness (QED) is 0.821. The molecule has 0 radical (unpaired) electrons. The molecule has 5 heteroatoms. The van der Waals surface area contributed by atoms with Gasteiger partial charge in [-0.15, -0.1) is 30.3 Å². The van der Waals surface area contributed by atoms with E-state index in [9.17, 15) is 4.79 Å². The number of halogens is 1. The van der Waals surface area contributed by atoms with Gasteiger partial charge in [0, 0.05) is 17.5 Å². The van der Waals surface area contributed by atoms with Gasteiger partial charge in [0.25, 0.3) is 0 Å². The average Bonchev–Trinajstić information content (AvgIpc) is 3.34. The van der Waals surface area contributed by atoms with E-state index in [1.54, 1.807) is 11.3 Å². The first-order valence-corrected chi connectivity index (χ1v) is 7.78. The van der Waals surface area contributed by atoms with Gasteiger partial charge in [-0.1, -0.05) is 12.1 Å². The van der Waals surface area contributed by atoms with E-state index < -0.39 is 0 Å². The summed E-state index contributed by atoms with van der Waals surface area (Å²) in [6.45, 7) is 5.04. The molecule has 2 saturated carbocycles. The molecule has 3 nitrogen and oxygen atoms in total. The summed E-state index contributed by atoms with van der Waals surface area (Å²) >= 11 is 1.68. The summed E-state index contributed by atoms with van der Waals surface area (Å²) in [5, 5.41) is 2.05. The molecule has 1 amide bonds. The number of amides is 1. The first kappa shape index (κ1) is 15.5. The van der Waals surface area contributed by atoms with Crippen LogP contribution in [0.5, 0.6) is 0 Å². The van der Waals surface area contributed by atoms with Crippen LogP contribution in [0.15, 0.2) is 30.2 Å². The van der Waals surface area contributed by atoms with Crippen molar-refractivity contribution in [3.63, 3.8) is 0 Å². The fourth-order valence-electron chi connectivity index (χ4n) is 3.00. The zero-order valence-corrected chi connectivity index (χ0v) is 13.1. The van der Waals surface area contributed by atoms with E-state index in [-0.39, 0.29) is 23.7 Å². The largest absolute Gasteiger partial charge is 0.335 e. The Hall–Kier alpha value is -0.840. The van der Waals surface area contributed by atoms with Crippen LogP contribution in [0, 0.1) is 5.92 Å². The summed E-state index contributed by atoms with van der Waals surface area (Å²) in [4.78, 5) is 16.2. The molecule has 1 aromatic heterocycles. The predicted molar refractivity (Wildman–Crippen MR) is 85.3 cm³/mol. The highest BCUT2D eigenvalue weighted by Gasteiger charge is 2.62. The second-order valence-corrected chi connectivity index (χ2v) is 6.51. The number of carbonyl (C=O) groups is 1. The van der Waals surface area contributed by atoms with Crippen molar-refractivity contribution in [3.8, 4) is 0 Å². The molecule has 2 fully saturated rings. The highest BCUT2D eigenvalue weighted by molar-refractivity contribution is 7.10. The molecule has 0 spiro atoms. The Morgan fingerprint density at radius 2 is 2.35 bits per heavy atom. The number of thiophene rings is 1. The van der Waals surface area contributed by atoms with E-state index in [0.29, 0.717) is 25.0 Å². The van der Waals surface area contributed by atoms with Gasteiger partial charge < -0.3 is 10.6 Å². The number of nitrogens with two attached hydrogens (primary N) is 1. The molecule has 0 saturated heterocycles. The molecule has 110 valence electrons. The number of hydrogen-bond donors (Lipinski definition) is 1. The zero-order chi connectivity index (χ0) is 13.5. The first-order valence-electron chi connectivity index (χ1n) is 6.90. The van der Waals surface area contributed by atoms with Gasteiger partial charge in [-0.05, 0) is 43.2 Å². The van der Waals surface area contributed by atoms with Gasteiger partial charge >= 0.3 is 0 Å². The van der Waals surface area contributed by atoms with Crippen LogP contribution in [0.2, 0.25) is 0 Å². The van der Waals surface area contributed by atoms with Crippen molar-refractivity contribution in [1.82, 2.24) is 4.90 Å². The molecule has 2 aliphatic rings.